The van der Waals surface area contributed by atoms with E-state index in [2.05, 4.69) is 6.92 Å². The summed E-state index contributed by atoms with van der Waals surface area (Å²) in [5, 5.41) is 0. The maximum absolute atomic E-state index is 11.6. The first-order valence-corrected chi connectivity index (χ1v) is 7.64. The number of carbonyl (C=O) groups is 1. The van der Waals surface area contributed by atoms with E-state index in [9.17, 15) is 4.79 Å². The minimum absolute atomic E-state index is 0.284. The molecule has 0 aliphatic heterocycles. The fourth-order valence-electron chi connectivity index (χ4n) is 1.94. The van der Waals surface area contributed by atoms with Crippen LogP contribution in [0.3, 0.4) is 0 Å². The molecule has 0 saturated carbocycles. The van der Waals surface area contributed by atoms with Crippen LogP contribution in [0.2, 0.25) is 0 Å². The topological polar surface area (TPSA) is 35.5 Å². The Bertz CT molecular complexity index is 349. The van der Waals surface area contributed by atoms with Gasteiger partial charge >= 0.3 is 5.97 Å². The highest BCUT2D eigenvalue weighted by atomic mass is 16.6. The van der Waals surface area contributed by atoms with Crippen molar-refractivity contribution in [2.45, 2.75) is 45.4 Å². The van der Waals surface area contributed by atoms with Crippen molar-refractivity contribution in [3.63, 3.8) is 0 Å². The molecule has 112 valence electrons. The van der Waals surface area contributed by atoms with Gasteiger partial charge in [-0.1, -0.05) is 57.2 Å². The second-order valence-electron chi connectivity index (χ2n) is 4.88. The van der Waals surface area contributed by atoms with Crippen LogP contribution in [-0.4, -0.2) is 25.8 Å². The molecule has 0 unspecified atom stereocenters. The standard InChI is InChI=1S/C17H26O3/c1-2-3-4-5-6-10-13-19-14-15-20-17(18)16-11-8-7-9-12-16/h7-9,11-12H,2-6,10,13-15H2,1H3. The lowest BCUT2D eigenvalue weighted by atomic mass is 10.1. The van der Waals surface area contributed by atoms with Crippen LogP contribution in [0, 0.1) is 0 Å². The first-order chi connectivity index (χ1) is 9.84. The molecule has 0 radical (unpaired) electrons. The zero-order valence-corrected chi connectivity index (χ0v) is 12.5. The highest BCUT2D eigenvalue weighted by molar-refractivity contribution is 5.89. The quantitative estimate of drug-likeness (QED) is 0.449. The van der Waals surface area contributed by atoms with Crippen LogP contribution in [0.1, 0.15) is 55.8 Å². The first kappa shape index (κ1) is 16.7. The molecule has 0 aliphatic rings. The molecule has 3 nitrogen and oxygen atoms in total. The van der Waals surface area contributed by atoms with Gasteiger partial charge in [0.15, 0.2) is 0 Å². The number of rotatable bonds is 11. The van der Waals surface area contributed by atoms with Crippen molar-refractivity contribution >= 4 is 5.97 Å². The third-order valence-corrected chi connectivity index (χ3v) is 3.11. The van der Waals surface area contributed by atoms with Crippen LogP contribution < -0.4 is 0 Å². The number of hydrogen-bond acceptors (Lipinski definition) is 3. The van der Waals surface area contributed by atoms with E-state index in [0.29, 0.717) is 18.8 Å². The Morgan fingerprint density at radius 2 is 1.60 bits per heavy atom. The van der Waals surface area contributed by atoms with Gasteiger partial charge in [0.05, 0.1) is 12.2 Å². The summed E-state index contributed by atoms with van der Waals surface area (Å²) >= 11 is 0. The lowest BCUT2D eigenvalue weighted by Gasteiger charge is -2.06. The number of benzene rings is 1. The van der Waals surface area contributed by atoms with Gasteiger partial charge in [-0.05, 0) is 18.6 Å². The van der Waals surface area contributed by atoms with E-state index in [1.54, 1.807) is 12.1 Å². The maximum atomic E-state index is 11.6. The minimum atomic E-state index is -0.284. The van der Waals surface area contributed by atoms with E-state index in [4.69, 9.17) is 9.47 Å². The number of carbonyl (C=O) groups excluding carboxylic acids is 1. The summed E-state index contributed by atoms with van der Waals surface area (Å²) in [7, 11) is 0. The van der Waals surface area contributed by atoms with Crippen molar-refractivity contribution in [3.05, 3.63) is 35.9 Å². The van der Waals surface area contributed by atoms with Crippen molar-refractivity contribution in [2.24, 2.45) is 0 Å². The molecule has 1 rings (SSSR count). The van der Waals surface area contributed by atoms with Crippen LogP contribution in [0.5, 0.6) is 0 Å². The number of hydrogen-bond donors (Lipinski definition) is 0. The average molecular weight is 278 g/mol. The van der Waals surface area contributed by atoms with E-state index < -0.39 is 0 Å². The number of unbranched alkanes of at least 4 members (excludes halogenated alkanes) is 5. The Labute approximate surface area is 122 Å². The molecule has 0 N–H and O–H groups in total. The van der Waals surface area contributed by atoms with Crippen LogP contribution in [0.15, 0.2) is 30.3 Å². The number of ether oxygens (including phenoxy) is 2. The third-order valence-electron chi connectivity index (χ3n) is 3.11. The Morgan fingerprint density at radius 3 is 2.35 bits per heavy atom. The third kappa shape index (κ3) is 7.95. The SMILES string of the molecule is CCCCCCCCOCCOC(=O)c1ccccc1. The smallest absolute Gasteiger partial charge is 0.338 e. The molecule has 0 aliphatic carbocycles. The van der Waals surface area contributed by atoms with Gasteiger partial charge in [-0.3, -0.25) is 0 Å². The van der Waals surface area contributed by atoms with Crippen molar-refractivity contribution in [3.8, 4) is 0 Å². The molecule has 3 heteroatoms. The zero-order chi connectivity index (χ0) is 14.5. The zero-order valence-electron chi connectivity index (χ0n) is 12.5. The van der Waals surface area contributed by atoms with Crippen LogP contribution >= 0.6 is 0 Å². The molecule has 0 atom stereocenters. The van der Waals surface area contributed by atoms with Gasteiger partial charge in [0.1, 0.15) is 6.61 Å². The number of esters is 1. The van der Waals surface area contributed by atoms with Crippen LogP contribution in [-0.2, 0) is 9.47 Å². The van der Waals surface area contributed by atoms with Gasteiger partial charge in [0.25, 0.3) is 0 Å². The van der Waals surface area contributed by atoms with Crippen LogP contribution in [0.4, 0.5) is 0 Å². The van der Waals surface area contributed by atoms with Crippen molar-refractivity contribution < 1.29 is 14.3 Å². The molecule has 1 aromatic rings. The van der Waals surface area contributed by atoms with Gasteiger partial charge in [-0.25, -0.2) is 4.79 Å². The van der Waals surface area contributed by atoms with Gasteiger partial charge < -0.3 is 9.47 Å². The van der Waals surface area contributed by atoms with Crippen molar-refractivity contribution in [2.75, 3.05) is 19.8 Å². The van der Waals surface area contributed by atoms with E-state index >= 15 is 0 Å². The Morgan fingerprint density at radius 1 is 0.900 bits per heavy atom. The maximum Gasteiger partial charge on any atom is 0.338 e. The fraction of sp³-hybridized carbons (Fsp3) is 0.588. The van der Waals surface area contributed by atoms with Crippen LogP contribution in [0.25, 0.3) is 0 Å². The normalized spacial score (nSPS) is 10.4. The van der Waals surface area contributed by atoms with Gasteiger partial charge in [-0.15, -0.1) is 0 Å². The summed E-state index contributed by atoms with van der Waals surface area (Å²) in [6, 6.07) is 9.02. The molecule has 0 spiro atoms. The predicted molar refractivity (Wildman–Crippen MR) is 80.9 cm³/mol. The van der Waals surface area contributed by atoms with E-state index in [1.165, 1.54) is 32.1 Å². The summed E-state index contributed by atoms with van der Waals surface area (Å²) < 4.78 is 10.6. The summed E-state index contributed by atoms with van der Waals surface area (Å²) in [5.41, 5.74) is 0.587. The fourth-order valence-corrected chi connectivity index (χ4v) is 1.94. The second kappa shape index (κ2) is 11.5. The van der Waals surface area contributed by atoms with Crippen molar-refractivity contribution in [1.82, 2.24) is 0 Å². The minimum Gasteiger partial charge on any atom is -0.460 e. The molecule has 0 fully saturated rings. The predicted octanol–water partition coefficient (Wildman–Crippen LogP) is 4.22. The van der Waals surface area contributed by atoms with E-state index in [1.807, 2.05) is 18.2 Å². The molecule has 0 aromatic heterocycles. The summed E-state index contributed by atoms with van der Waals surface area (Å²) in [6.45, 7) is 3.78. The largest absolute Gasteiger partial charge is 0.460 e. The molecule has 0 amide bonds. The molecule has 1 aromatic carbocycles. The van der Waals surface area contributed by atoms with E-state index in [-0.39, 0.29) is 5.97 Å². The Hall–Kier alpha value is -1.35. The molecule has 20 heavy (non-hydrogen) atoms. The lowest BCUT2D eigenvalue weighted by molar-refractivity contribution is 0.0312. The first-order valence-electron chi connectivity index (χ1n) is 7.64. The summed E-state index contributed by atoms with van der Waals surface area (Å²) in [4.78, 5) is 11.6. The van der Waals surface area contributed by atoms with Gasteiger partial charge in [0, 0.05) is 6.61 Å². The highest BCUT2D eigenvalue weighted by Gasteiger charge is 2.04. The monoisotopic (exact) mass is 278 g/mol. The molecule has 0 bridgehead atoms. The molecule has 0 saturated heterocycles. The lowest BCUT2D eigenvalue weighted by Crippen LogP contribution is -2.11. The van der Waals surface area contributed by atoms with Gasteiger partial charge in [-0.2, -0.15) is 0 Å². The van der Waals surface area contributed by atoms with Gasteiger partial charge in [0.2, 0.25) is 0 Å². The molecular weight excluding hydrogens is 252 g/mol. The molecule has 0 heterocycles. The Balaban J connectivity index is 1.91. The molecular formula is C17H26O3. The Kier molecular flexibility index (Phi) is 9.58. The average Bonchev–Trinajstić information content (AvgIpc) is 2.50. The summed E-state index contributed by atoms with van der Waals surface area (Å²) in [6.07, 6.45) is 7.55. The van der Waals surface area contributed by atoms with Crippen molar-refractivity contribution in [1.29, 1.82) is 0 Å². The second-order valence-corrected chi connectivity index (χ2v) is 4.88. The van der Waals surface area contributed by atoms with E-state index in [0.717, 1.165) is 13.0 Å². The highest BCUT2D eigenvalue weighted by Crippen LogP contribution is 2.05. The summed E-state index contributed by atoms with van der Waals surface area (Å²) in [5.74, 6) is -0.284.